The van der Waals surface area contributed by atoms with Crippen LogP contribution in [0.15, 0.2) is 71.2 Å². The zero-order valence-electron chi connectivity index (χ0n) is 17.7. The molecule has 6 rings (SSSR count). The Balaban J connectivity index is 1.09. The number of nitrogens with one attached hydrogen (secondary N) is 1. The van der Waals surface area contributed by atoms with Crippen LogP contribution in [0.2, 0.25) is 5.02 Å². The molecule has 0 fully saturated rings. The Morgan fingerprint density at radius 1 is 0.941 bits per heavy atom. The first-order chi connectivity index (χ1) is 16.7. The van der Waals surface area contributed by atoms with Crippen molar-refractivity contribution in [2.75, 3.05) is 11.1 Å². The SMILES string of the molecule is O=C(CCSc1nnc2c(n1)-c1cccc3cccc-2c13)Nc1nc(-c2ccc(Cl)cc2)cs1. The molecule has 0 bridgehead atoms. The number of anilines is 1. The first-order valence-electron chi connectivity index (χ1n) is 10.6. The number of nitrogens with zero attached hydrogens (tertiary/aromatic N) is 4. The van der Waals surface area contributed by atoms with E-state index in [9.17, 15) is 4.79 Å². The molecular formula is C25H16ClN5OS2. The zero-order valence-corrected chi connectivity index (χ0v) is 20.0. The number of hydrogen-bond acceptors (Lipinski definition) is 7. The molecule has 1 aliphatic carbocycles. The second kappa shape index (κ2) is 8.79. The average Bonchev–Trinajstić information content (AvgIpc) is 3.44. The maximum absolute atomic E-state index is 12.4. The molecule has 0 atom stereocenters. The van der Waals surface area contributed by atoms with Gasteiger partial charge in [-0.15, -0.1) is 21.5 Å². The summed E-state index contributed by atoms with van der Waals surface area (Å²) < 4.78 is 0. The molecule has 9 heteroatoms. The fourth-order valence-corrected chi connectivity index (χ4v) is 5.56. The largest absolute Gasteiger partial charge is 0.302 e. The highest BCUT2D eigenvalue weighted by Gasteiger charge is 2.24. The summed E-state index contributed by atoms with van der Waals surface area (Å²) in [4.78, 5) is 21.7. The van der Waals surface area contributed by atoms with Gasteiger partial charge < -0.3 is 5.32 Å². The van der Waals surface area contributed by atoms with Gasteiger partial charge in [-0.3, -0.25) is 4.79 Å². The summed E-state index contributed by atoms with van der Waals surface area (Å²) in [5.74, 6) is 0.439. The maximum atomic E-state index is 12.4. The first-order valence-corrected chi connectivity index (χ1v) is 12.8. The van der Waals surface area contributed by atoms with Crippen molar-refractivity contribution in [3.05, 3.63) is 71.1 Å². The van der Waals surface area contributed by atoms with E-state index in [1.54, 1.807) is 0 Å². The predicted octanol–water partition coefficient (Wildman–Crippen LogP) is 6.57. The highest BCUT2D eigenvalue weighted by atomic mass is 35.5. The van der Waals surface area contributed by atoms with Crippen molar-refractivity contribution in [2.45, 2.75) is 11.6 Å². The van der Waals surface area contributed by atoms with Gasteiger partial charge in [0.15, 0.2) is 5.13 Å². The normalized spacial score (nSPS) is 11.6. The van der Waals surface area contributed by atoms with Crippen LogP contribution in [0, 0.1) is 0 Å². The van der Waals surface area contributed by atoms with E-state index < -0.39 is 0 Å². The molecule has 1 amide bonds. The van der Waals surface area contributed by atoms with Gasteiger partial charge in [-0.05, 0) is 17.5 Å². The minimum atomic E-state index is -0.101. The Labute approximate surface area is 208 Å². The van der Waals surface area contributed by atoms with Gasteiger partial charge in [0.1, 0.15) is 11.4 Å². The van der Waals surface area contributed by atoms with Gasteiger partial charge in [0.2, 0.25) is 11.1 Å². The van der Waals surface area contributed by atoms with Crippen molar-refractivity contribution in [2.24, 2.45) is 0 Å². The van der Waals surface area contributed by atoms with Crippen molar-refractivity contribution >= 4 is 56.5 Å². The third-order valence-electron chi connectivity index (χ3n) is 5.53. The molecule has 1 N–H and O–H groups in total. The van der Waals surface area contributed by atoms with Crippen LogP contribution < -0.4 is 5.32 Å². The number of benzene rings is 3. The lowest BCUT2D eigenvalue weighted by atomic mass is 10.0. The van der Waals surface area contributed by atoms with E-state index in [2.05, 4.69) is 44.8 Å². The minimum absolute atomic E-state index is 0.101. The summed E-state index contributed by atoms with van der Waals surface area (Å²) in [7, 11) is 0. The zero-order chi connectivity index (χ0) is 23.1. The number of rotatable bonds is 6. The summed E-state index contributed by atoms with van der Waals surface area (Å²) in [5, 5.41) is 17.7. The van der Waals surface area contributed by atoms with Crippen LogP contribution in [0.4, 0.5) is 5.13 Å². The number of amides is 1. The van der Waals surface area contributed by atoms with Crippen molar-refractivity contribution < 1.29 is 4.79 Å². The third kappa shape index (κ3) is 3.94. The number of carbonyl (C=O) groups is 1. The van der Waals surface area contributed by atoms with Crippen LogP contribution in [0.1, 0.15) is 6.42 Å². The Morgan fingerprint density at radius 3 is 2.50 bits per heavy atom. The number of aromatic nitrogens is 4. The standard InChI is InChI=1S/C25H16ClN5OS2/c26-16-9-7-14(8-10-16)19-13-34-24(27-19)28-20(32)11-12-33-25-29-22-17-5-1-3-15-4-2-6-18(21(15)17)23(22)30-31-25/h1-10,13H,11-12H2,(H,27,28,32). The van der Waals surface area contributed by atoms with E-state index >= 15 is 0 Å². The molecular weight excluding hydrogens is 486 g/mol. The van der Waals surface area contributed by atoms with E-state index in [-0.39, 0.29) is 5.91 Å². The van der Waals surface area contributed by atoms with Crippen molar-refractivity contribution in [1.82, 2.24) is 20.2 Å². The Kier molecular flexibility index (Phi) is 5.49. The molecule has 1 aliphatic rings. The Morgan fingerprint density at radius 2 is 1.71 bits per heavy atom. The Hall–Kier alpha value is -3.33. The molecule has 0 spiro atoms. The molecule has 2 aromatic heterocycles. The van der Waals surface area contributed by atoms with Crippen LogP contribution in [-0.2, 0) is 4.79 Å². The van der Waals surface area contributed by atoms with E-state index in [4.69, 9.17) is 16.6 Å². The number of carbonyl (C=O) groups excluding carboxylic acids is 1. The van der Waals surface area contributed by atoms with Crippen LogP contribution in [0.3, 0.4) is 0 Å². The van der Waals surface area contributed by atoms with Crippen molar-refractivity contribution in [3.63, 3.8) is 0 Å². The lowest BCUT2D eigenvalue weighted by Crippen LogP contribution is -2.12. The predicted molar refractivity (Wildman–Crippen MR) is 138 cm³/mol. The van der Waals surface area contributed by atoms with Crippen LogP contribution in [0.5, 0.6) is 0 Å². The summed E-state index contributed by atoms with van der Waals surface area (Å²) in [5.41, 5.74) is 5.58. The summed E-state index contributed by atoms with van der Waals surface area (Å²) in [6.07, 6.45) is 0.316. The van der Waals surface area contributed by atoms with Crippen LogP contribution in [0.25, 0.3) is 44.5 Å². The van der Waals surface area contributed by atoms with Crippen molar-refractivity contribution in [1.29, 1.82) is 0 Å². The average molecular weight is 502 g/mol. The molecule has 6 nitrogen and oxygen atoms in total. The fraction of sp³-hybridized carbons (Fsp3) is 0.0800. The van der Waals surface area contributed by atoms with Crippen LogP contribution >= 0.6 is 34.7 Å². The number of thiazole rings is 1. The van der Waals surface area contributed by atoms with Gasteiger partial charge in [-0.1, -0.05) is 71.9 Å². The highest BCUT2D eigenvalue weighted by molar-refractivity contribution is 7.99. The molecule has 166 valence electrons. The van der Waals surface area contributed by atoms with E-state index in [0.717, 1.165) is 33.8 Å². The summed E-state index contributed by atoms with van der Waals surface area (Å²) in [6, 6.07) is 19.8. The van der Waals surface area contributed by atoms with Gasteiger partial charge in [0.25, 0.3) is 0 Å². The first kappa shape index (κ1) is 21.2. The molecule has 0 radical (unpaired) electrons. The molecule has 0 unspecified atom stereocenters. The summed E-state index contributed by atoms with van der Waals surface area (Å²) >= 11 is 8.76. The molecule has 5 aromatic rings. The van der Waals surface area contributed by atoms with Gasteiger partial charge in [-0.2, -0.15) is 0 Å². The number of halogens is 1. The number of fused-ring (bicyclic) bond motifs is 3. The number of hydrogen-bond donors (Lipinski definition) is 1. The molecule has 0 aliphatic heterocycles. The van der Waals surface area contributed by atoms with Crippen LogP contribution in [-0.4, -0.2) is 31.8 Å². The topological polar surface area (TPSA) is 80.7 Å². The lowest BCUT2D eigenvalue weighted by Gasteiger charge is -2.04. The van der Waals surface area contributed by atoms with Crippen molar-refractivity contribution in [3.8, 4) is 33.8 Å². The van der Waals surface area contributed by atoms with E-state index in [1.165, 1.54) is 33.9 Å². The Bertz CT molecular complexity index is 1550. The smallest absolute Gasteiger partial charge is 0.226 e. The molecule has 2 heterocycles. The minimum Gasteiger partial charge on any atom is -0.302 e. The monoisotopic (exact) mass is 501 g/mol. The number of thioether (sulfide) groups is 1. The summed E-state index contributed by atoms with van der Waals surface area (Å²) in [6.45, 7) is 0. The molecule has 0 saturated carbocycles. The quantitative estimate of drug-likeness (QED) is 0.260. The molecule has 0 saturated heterocycles. The molecule has 34 heavy (non-hydrogen) atoms. The highest BCUT2D eigenvalue weighted by Crippen LogP contribution is 2.44. The maximum Gasteiger partial charge on any atom is 0.226 e. The van der Waals surface area contributed by atoms with E-state index in [0.29, 0.717) is 27.5 Å². The lowest BCUT2D eigenvalue weighted by molar-refractivity contribution is -0.115. The van der Waals surface area contributed by atoms with Gasteiger partial charge in [0.05, 0.1) is 5.69 Å². The third-order valence-corrected chi connectivity index (χ3v) is 7.38. The second-order valence-corrected chi connectivity index (χ2v) is 10.0. The van der Waals surface area contributed by atoms with E-state index in [1.807, 2.05) is 41.8 Å². The second-order valence-electron chi connectivity index (χ2n) is 7.69. The van der Waals surface area contributed by atoms with Gasteiger partial charge in [0, 0.05) is 44.7 Å². The fourth-order valence-electron chi connectivity index (χ4n) is 3.98. The molecule has 3 aromatic carbocycles. The van der Waals surface area contributed by atoms with Gasteiger partial charge >= 0.3 is 0 Å². The van der Waals surface area contributed by atoms with Gasteiger partial charge in [-0.25, -0.2) is 9.97 Å².